The summed E-state index contributed by atoms with van der Waals surface area (Å²) in [5.74, 6) is 1.69. The quantitative estimate of drug-likeness (QED) is 0.0596. The zero-order chi connectivity index (χ0) is 25.3. The van der Waals surface area contributed by atoms with Crippen LogP contribution >= 0.6 is 23.2 Å². The minimum Gasteiger partial charge on any atom is -0.127 e. The van der Waals surface area contributed by atoms with Crippen molar-refractivity contribution < 1.29 is 0 Å². The molecule has 0 atom stereocenters. The van der Waals surface area contributed by atoms with Crippen LogP contribution in [0.3, 0.4) is 0 Å². The van der Waals surface area contributed by atoms with Gasteiger partial charge in [-0.3, -0.25) is 0 Å². The summed E-state index contributed by atoms with van der Waals surface area (Å²) in [5, 5.41) is 0. The Kier molecular flexibility index (Phi) is 35.2. The van der Waals surface area contributed by atoms with Crippen LogP contribution in [0, 0.1) is 0 Å². The van der Waals surface area contributed by atoms with E-state index in [-0.39, 0.29) is 0 Å². The fourth-order valence-electron chi connectivity index (χ4n) is 5.32. The summed E-state index contributed by atoms with van der Waals surface area (Å²) in [6.45, 7) is 0. The molecule has 0 aromatic heterocycles. The van der Waals surface area contributed by atoms with Crippen molar-refractivity contribution in [2.45, 2.75) is 199 Å². The van der Waals surface area contributed by atoms with Gasteiger partial charge in [0.15, 0.2) is 0 Å². The highest BCUT2D eigenvalue weighted by Gasteiger charge is 1.97. The van der Waals surface area contributed by atoms with Gasteiger partial charge in [-0.2, -0.15) is 0 Å². The Balaban J connectivity index is 3.00. The standard InChI is InChI=1S/C33H66Cl2/c34-32-30-28-26-24-22-20-18-16-14-12-10-8-6-4-2-1-3-5-7-9-11-13-15-17-19-21-23-25-27-29-31-33-35/h1-33H2. The molecule has 0 aliphatic heterocycles. The van der Waals surface area contributed by atoms with Crippen LogP contribution in [0.2, 0.25) is 0 Å². The van der Waals surface area contributed by atoms with E-state index in [0.29, 0.717) is 0 Å². The molecular weight excluding hydrogens is 467 g/mol. The van der Waals surface area contributed by atoms with Crippen LogP contribution in [0.15, 0.2) is 0 Å². The van der Waals surface area contributed by atoms with Crippen molar-refractivity contribution in [2.24, 2.45) is 0 Å². The number of alkyl halides is 2. The van der Waals surface area contributed by atoms with E-state index in [9.17, 15) is 0 Å². The van der Waals surface area contributed by atoms with E-state index in [0.717, 1.165) is 11.8 Å². The van der Waals surface area contributed by atoms with Crippen LogP contribution < -0.4 is 0 Å². The molecule has 2 heteroatoms. The third kappa shape index (κ3) is 34.6. The highest BCUT2D eigenvalue weighted by molar-refractivity contribution is 6.18. The first kappa shape index (κ1) is 35.6. The Labute approximate surface area is 233 Å². The maximum Gasteiger partial charge on any atom is 0.0223 e. The predicted octanol–water partition coefficient (Wildman–Crippen LogP) is 13.6. The highest BCUT2D eigenvalue weighted by atomic mass is 35.5. The molecule has 0 saturated heterocycles. The Hall–Kier alpha value is 0.580. The summed E-state index contributed by atoms with van der Waals surface area (Å²) in [6, 6.07) is 0. The van der Waals surface area contributed by atoms with Crippen LogP contribution in [0.4, 0.5) is 0 Å². The lowest BCUT2D eigenvalue weighted by molar-refractivity contribution is 0.513. The molecule has 0 fully saturated rings. The molecule has 0 amide bonds. The summed E-state index contributed by atoms with van der Waals surface area (Å²) in [7, 11) is 0. The lowest BCUT2D eigenvalue weighted by Gasteiger charge is -2.04. The maximum atomic E-state index is 5.72. The van der Waals surface area contributed by atoms with Gasteiger partial charge < -0.3 is 0 Å². The average molecular weight is 534 g/mol. The van der Waals surface area contributed by atoms with E-state index in [1.165, 1.54) is 199 Å². The molecule has 0 aliphatic carbocycles. The SMILES string of the molecule is ClCCCCCCCCCCCCCCCCCCCCCCCCCCCCCCCCCCl. The first-order valence-electron chi connectivity index (χ1n) is 16.5. The van der Waals surface area contributed by atoms with E-state index in [2.05, 4.69) is 0 Å². The van der Waals surface area contributed by atoms with Crippen molar-refractivity contribution in [3.05, 3.63) is 0 Å². The topological polar surface area (TPSA) is 0 Å². The molecule has 0 saturated carbocycles. The monoisotopic (exact) mass is 532 g/mol. The Morgan fingerprint density at radius 2 is 0.229 bits per heavy atom. The second kappa shape index (κ2) is 34.6. The van der Waals surface area contributed by atoms with E-state index in [4.69, 9.17) is 23.2 Å². The summed E-state index contributed by atoms with van der Waals surface area (Å²) in [5.41, 5.74) is 0. The van der Waals surface area contributed by atoms with E-state index in [1.807, 2.05) is 0 Å². The maximum absolute atomic E-state index is 5.72. The summed E-state index contributed by atoms with van der Waals surface area (Å²) < 4.78 is 0. The van der Waals surface area contributed by atoms with Crippen LogP contribution in [0.5, 0.6) is 0 Å². The van der Waals surface area contributed by atoms with Crippen LogP contribution in [-0.2, 0) is 0 Å². The minimum atomic E-state index is 0.845. The van der Waals surface area contributed by atoms with Crippen LogP contribution in [-0.4, -0.2) is 11.8 Å². The summed E-state index contributed by atoms with van der Waals surface area (Å²) in [6.07, 6.45) is 44.6. The van der Waals surface area contributed by atoms with E-state index < -0.39 is 0 Å². The van der Waals surface area contributed by atoms with Gasteiger partial charge in [0, 0.05) is 11.8 Å². The van der Waals surface area contributed by atoms with Gasteiger partial charge in [-0.1, -0.05) is 186 Å². The first-order chi connectivity index (χ1) is 17.4. The van der Waals surface area contributed by atoms with Crippen LogP contribution in [0.25, 0.3) is 0 Å². The molecule has 35 heavy (non-hydrogen) atoms. The zero-order valence-electron chi connectivity index (χ0n) is 24.1. The highest BCUT2D eigenvalue weighted by Crippen LogP contribution is 2.16. The minimum absolute atomic E-state index is 0.845. The third-order valence-electron chi connectivity index (χ3n) is 7.77. The molecule has 0 spiro atoms. The molecule has 0 unspecified atom stereocenters. The normalized spacial score (nSPS) is 11.5. The number of halogens is 2. The van der Waals surface area contributed by atoms with Gasteiger partial charge in [-0.05, 0) is 12.8 Å². The van der Waals surface area contributed by atoms with Crippen LogP contribution in [0.1, 0.15) is 199 Å². The van der Waals surface area contributed by atoms with Crippen molar-refractivity contribution in [3.8, 4) is 0 Å². The average Bonchev–Trinajstić information content (AvgIpc) is 2.87. The van der Waals surface area contributed by atoms with Crippen molar-refractivity contribution in [1.29, 1.82) is 0 Å². The molecule has 0 rings (SSSR count). The van der Waals surface area contributed by atoms with Gasteiger partial charge in [-0.25, -0.2) is 0 Å². The Morgan fingerprint density at radius 1 is 0.143 bits per heavy atom. The Bertz CT molecular complexity index is 312. The molecule has 0 aliphatic rings. The van der Waals surface area contributed by atoms with Crippen molar-refractivity contribution in [3.63, 3.8) is 0 Å². The van der Waals surface area contributed by atoms with Crippen molar-refractivity contribution in [2.75, 3.05) is 11.8 Å². The lowest BCUT2D eigenvalue weighted by Crippen LogP contribution is -1.85. The molecular formula is C33H66Cl2. The smallest absolute Gasteiger partial charge is 0.0223 e. The van der Waals surface area contributed by atoms with Gasteiger partial charge in [0.2, 0.25) is 0 Å². The van der Waals surface area contributed by atoms with E-state index >= 15 is 0 Å². The molecule has 212 valence electrons. The van der Waals surface area contributed by atoms with Gasteiger partial charge in [-0.15, -0.1) is 23.2 Å². The lowest BCUT2D eigenvalue weighted by atomic mass is 10.0. The molecule has 0 N–H and O–H groups in total. The molecule has 0 aromatic rings. The van der Waals surface area contributed by atoms with Gasteiger partial charge in [0.1, 0.15) is 0 Å². The van der Waals surface area contributed by atoms with Gasteiger partial charge in [0.25, 0.3) is 0 Å². The first-order valence-corrected chi connectivity index (χ1v) is 17.6. The van der Waals surface area contributed by atoms with Crippen molar-refractivity contribution >= 4 is 23.2 Å². The summed E-state index contributed by atoms with van der Waals surface area (Å²) in [4.78, 5) is 0. The fraction of sp³-hybridized carbons (Fsp3) is 1.00. The largest absolute Gasteiger partial charge is 0.127 e. The zero-order valence-corrected chi connectivity index (χ0v) is 25.6. The predicted molar refractivity (Wildman–Crippen MR) is 165 cm³/mol. The van der Waals surface area contributed by atoms with E-state index in [1.54, 1.807) is 0 Å². The van der Waals surface area contributed by atoms with Crippen molar-refractivity contribution in [1.82, 2.24) is 0 Å². The second-order valence-corrected chi connectivity index (χ2v) is 12.1. The second-order valence-electron chi connectivity index (χ2n) is 11.3. The number of unbranched alkanes of at least 4 members (excludes halogenated alkanes) is 30. The third-order valence-corrected chi connectivity index (χ3v) is 8.30. The number of hydrogen-bond acceptors (Lipinski definition) is 0. The number of hydrogen-bond donors (Lipinski definition) is 0. The fourth-order valence-corrected chi connectivity index (χ4v) is 5.69. The van der Waals surface area contributed by atoms with Gasteiger partial charge in [0.05, 0.1) is 0 Å². The molecule has 0 nitrogen and oxygen atoms in total. The molecule has 0 aromatic carbocycles. The summed E-state index contributed by atoms with van der Waals surface area (Å²) >= 11 is 11.4. The Morgan fingerprint density at radius 3 is 0.314 bits per heavy atom. The molecule has 0 bridgehead atoms. The number of rotatable bonds is 32. The molecule has 0 heterocycles. The molecule has 0 radical (unpaired) electrons. The van der Waals surface area contributed by atoms with Gasteiger partial charge >= 0.3 is 0 Å².